The van der Waals surface area contributed by atoms with Crippen molar-refractivity contribution in [2.45, 2.75) is 0 Å². The van der Waals surface area contributed by atoms with Crippen molar-refractivity contribution in [3.8, 4) is 56.9 Å². The number of aromatic nitrogens is 2. The van der Waals surface area contributed by atoms with Crippen LogP contribution < -0.4 is 18.9 Å². The fourth-order valence-electron chi connectivity index (χ4n) is 3.45. The molecule has 1 aromatic heterocycles. The Morgan fingerprint density at radius 2 is 0.938 bits per heavy atom. The molecular formula is C26H24N2O4. The third kappa shape index (κ3) is 4.21. The minimum atomic E-state index is 0.627. The second-order valence-electron chi connectivity index (χ2n) is 6.97. The molecule has 162 valence electrons. The number of hydrogen-bond donors (Lipinski definition) is 0. The van der Waals surface area contributed by atoms with Gasteiger partial charge in [-0.15, -0.1) is 0 Å². The molecule has 1 heterocycles. The standard InChI is InChI=1S/C26H24N2O4/c1-29-22-12-10-18(14-24(22)31-3)20-16-21(19-11-13-23(30-2)25(15-19)32-4)28-26(27-20)17-8-6-5-7-9-17/h5-16H,1-4H3. The highest BCUT2D eigenvalue weighted by molar-refractivity contribution is 5.74. The van der Waals surface area contributed by atoms with Gasteiger partial charge >= 0.3 is 0 Å². The normalized spacial score (nSPS) is 10.5. The lowest BCUT2D eigenvalue weighted by Gasteiger charge is -2.13. The molecule has 0 aliphatic rings. The van der Waals surface area contributed by atoms with E-state index in [2.05, 4.69) is 0 Å². The third-order valence-electron chi connectivity index (χ3n) is 5.12. The van der Waals surface area contributed by atoms with E-state index in [4.69, 9.17) is 28.9 Å². The van der Waals surface area contributed by atoms with Crippen LogP contribution in [-0.2, 0) is 0 Å². The number of benzene rings is 3. The summed E-state index contributed by atoms with van der Waals surface area (Å²) in [5.41, 5.74) is 4.25. The smallest absolute Gasteiger partial charge is 0.161 e. The zero-order chi connectivity index (χ0) is 22.5. The van der Waals surface area contributed by atoms with Crippen LogP contribution in [-0.4, -0.2) is 38.4 Å². The Balaban J connectivity index is 1.90. The molecule has 0 aliphatic carbocycles. The average molecular weight is 428 g/mol. The Hall–Kier alpha value is -4.06. The van der Waals surface area contributed by atoms with E-state index in [1.54, 1.807) is 28.4 Å². The SMILES string of the molecule is COc1ccc(-c2cc(-c3ccc(OC)c(OC)c3)nc(-c3ccccc3)n2)cc1OC. The molecule has 32 heavy (non-hydrogen) atoms. The fraction of sp³-hybridized carbons (Fsp3) is 0.154. The van der Waals surface area contributed by atoms with Crippen LogP contribution in [0.2, 0.25) is 0 Å². The van der Waals surface area contributed by atoms with Crippen LogP contribution >= 0.6 is 0 Å². The van der Waals surface area contributed by atoms with Crippen molar-refractivity contribution >= 4 is 0 Å². The molecule has 0 saturated heterocycles. The van der Waals surface area contributed by atoms with Gasteiger partial charge < -0.3 is 18.9 Å². The van der Waals surface area contributed by atoms with Crippen LogP contribution in [0.1, 0.15) is 0 Å². The van der Waals surface area contributed by atoms with Gasteiger partial charge in [-0.2, -0.15) is 0 Å². The maximum atomic E-state index is 5.49. The summed E-state index contributed by atoms with van der Waals surface area (Å²) in [6.45, 7) is 0. The Morgan fingerprint density at radius 1 is 0.469 bits per heavy atom. The zero-order valence-electron chi connectivity index (χ0n) is 18.5. The molecule has 0 spiro atoms. The van der Waals surface area contributed by atoms with Crippen molar-refractivity contribution in [2.75, 3.05) is 28.4 Å². The van der Waals surface area contributed by atoms with Crippen LogP contribution in [0, 0.1) is 0 Å². The first-order valence-electron chi connectivity index (χ1n) is 10.1. The van der Waals surface area contributed by atoms with Gasteiger partial charge in [-0.05, 0) is 42.5 Å². The van der Waals surface area contributed by atoms with Gasteiger partial charge in [-0.25, -0.2) is 9.97 Å². The van der Waals surface area contributed by atoms with Crippen molar-refractivity contribution in [2.24, 2.45) is 0 Å². The summed E-state index contributed by atoms with van der Waals surface area (Å²) >= 11 is 0. The zero-order valence-corrected chi connectivity index (χ0v) is 18.5. The molecule has 0 atom stereocenters. The summed E-state index contributed by atoms with van der Waals surface area (Å²) in [6, 6.07) is 23.3. The number of methoxy groups -OCH3 is 4. The average Bonchev–Trinajstić information content (AvgIpc) is 2.88. The molecule has 0 bridgehead atoms. The summed E-state index contributed by atoms with van der Waals surface area (Å²) in [5, 5.41) is 0. The van der Waals surface area contributed by atoms with Gasteiger partial charge in [0.2, 0.25) is 0 Å². The van der Waals surface area contributed by atoms with Crippen molar-refractivity contribution in [3.63, 3.8) is 0 Å². The van der Waals surface area contributed by atoms with Crippen LogP contribution in [0.25, 0.3) is 33.9 Å². The van der Waals surface area contributed by atoms with E-state index in [-0.39, 0.29) is 0 Å². The summed E-state index contributed by atoms with van der Waals surface area (Å²) < 4.78 is 21.7. The Labute approximate surface area is 187 Å². The van der Waals surface area contributed by atoms with Crippen LogP contribution in [0.4, 0.5) is 0 Å². The largest absolute Gasteiger partial charge is 0.493 e. The molecule has 4 rings (SSSR count). The predicted octanol–water partition coefficient (Wildman–Crippen LogP) is 5.51. The first kappa shape index (κ1) is 21.2. The lowest BCUT2D eigenvalue weighted by atomic mass is 10.1. The Kier molecular flexibility index (Phi) is 6.22. The van der Waals surface area contributed by atoms with Gasteiger partial charge in [0.15, 0.2) is 28.8 Å². The van der Waals surface area contributed by atoms with E-state index in [9.17, 15) is 0 Å². The maximum Gasteiger partial charge on any atom is 0.161 e. The van der Waals surface area contributed by atoms with Gasteiger partial charge in [0.1, 0.15) is 0 Å². The number of ether oxygens (including phenoxy) is 4. The van der Waals surface area contributed by atoms with E-state index < -0.39 is 0 Å². The molecule has 0 saturated carbocycles. The Bertz CT molecular complexity index is 1150. The van der Waals surface area contributed by atoms with Crippen LogP contribution in [0.3, 0.4) is 0 Å². The van der Waals surface area contributed by atoms with Crippen molar-refractivity contribution in [1.29, 1.82) is 0 Å². The number of hydrogen-bond acceptors (Lipinski definition) is 6. The van der Waals surface area contributed by atoms with Gasteiger partial charge in [0, 0.05) is 16.7 Å². The Morgan fingerprint density at radius 3 is 1.38 bits per heavy atom. The van der Waals surface area contributed by atoms with E-state index in [1.807, 2.05) is 72.8 Å². The summed E-state index contributed by atoms with van der Waals surface area (Å²) in [7, 11) is 6.47. The lowest BCUT2D eigenvalue weighted by molar-refractivity contribution is 0.355. The summed E-state index contributed by atoms with van der Waals surface area (Å²) in [6.07, 6.45) is 0. The minimum absolute atomic E-state index is 0.627. The first-order valence-corrected chi connectivity index (χ1v) is 10.1. The van der Waals surface area contributed by atoms with E-state index in [0.717, 1.165) is 28.1 Å². The van der Waals surface area contributed by atoms with E-state index in [1.165, 1.54) is 0 Å². The molecule has 0 radical (unpaired) electrons. The van der Waals surface area contributed by atoms with Gasteiger partial charge in [-0.1, -0.05) is 30.3 Å². The van der Waals surface area contributed by atoms with Crippen molar-refractivity contribution < 1.29 is 18.9 Å². The predicted molar refractivity (Wildman–Crippen MR) is 125 cm³/mol. The molecule has 0 fully saturated rings. The summed E-state index contributed by atoms with van der Waals surface area (Å²) in [4.78, 5) is 9.69. The van der Waals surface area contributed by atoms with Gasteiger partial charge in [-0.3, -0.25) is 0 Å². The molecule has 0 amide bonds. The highest BCUT2D eigenvalue weighted by atomic mass is 16.5. The highest BCUT2D eigenvalue weighted by Gasteiger charge is 2.14. The topological polar surface area (TPSA) is 62.7 Å². The minimum Gasteiger partial charge on any atom is -0.493 e. The second-order valence-corrected chi connectivity index (χ2v) is 6.97. The number of rotatable bonds is 7. The maximum absolute atomic E-state index is 5.49. The van der Waals surface area contributed by atoms with E-state index in [0.29, 0.717) is 28.8 Å². The highest BCUT2D eigenvalue weighted by Crippen LogP contribution is 2.36. The first-order chi connectivity index (χ1) is 15.7. The van der Waals surface area contributed by atoms with Gasteiger partial charge in [0.05, 0.1) is 39.8 Å². The molecule has 4 aromatic rings. The van der Waals surface area contributed by atoms with Crippen LogP contribution in [0.15, 0.2) is 72.8 Å². The van der Waals surface area contributed by atoms with Gasteiger partial charge in [0.25, 0.3) is 0 Å². The van der Waals surface area contributed by atoms with Crippen molar-refractivity contribution in [3.05, 3.63) is 72.8 Å². The second kappa shape index (κ2) is 9.39. The third-order valence-corrected chi connectivity index (χ3v) is 5.12. The molecule has 6 heteroatoms. The molecule has 0 aliphatic heterocycles. The van der Waals surface area contributed by atoms with Crippen molar-refractivity contribution in [1.82, 2.24) is 9.97 Å². The quantitative estimate of drug-likeness (QED) is 0.387. The summed E-state index contributed by atoms with van der Waals surface area (Å²) in [5.74, 6) is 3.22. The molecule has 0 unspecified atom stereocenters. The van der Waals surface area contributed by atoms with Crippen LogP contribution in [0.5, 0.6) is 23.0 Å². The van der Waals surface area contributed by atoms with E-state index >= 15 is 0 Å². The number of nitrogens with zero attached hydrogens (tertiary/aromatic N) is 2. The molecule has 6 nitrogen and oxygen atoms in total. The molecule has 3 aromatic carbocycles. The fourth-order valence-corrected chi connectivity index (χ4v) is 3.45. The monoisotopic (exact) mass is 428 g/mol. The molecular weight excluding hydrogens is 404 g/mol. The lowest BCUT2D eigenvalue weighted by Crippen LogP contribution is -1.97. The molecule has 0 N–H and O–H groups in total.